The second kappa shape index (κ2) is 7.09. The van der Waals surface area contributed by atoms with E-state index in [1.54, 1.807) is 13.0 Å². The Bertz CT molecular complexity index is 469. The van der Waals surface area contributed by atoms with Crippen molar-refractivity contribution in [2.75, 3.05) is 0 Å². The van der Waals surface area contributed by atoms with E-state index >= 15 is 0 Å². The molecule has 4 nitrogen and oxygen atoms in total. The molecule has 0 radical (unpaired) electrons. The summed E-state index contributed by atoms with van der Waals surface area (Å²) in [5.74, 6) is -0.363. The Kier molecular flexibility index (Phi) is 6.02. The Hall–Kier alpha value is -1.07. The lowest BCUT2D eigenvalue weighted by atomic mass is 10.1. The van der Waals surface area contributed by atoms with E-state index in [1.165, 1.54) is 0 Å². The van der Waals surface area contributed by atoms with Crippen LogP contribution in [0.1, 0.15) is 39.7 Å². The van der Waals surface area contributed by atoms with Crippen LogP contribution in [0.15, 0.2) is 22.7 Å². The van der Waals surface area contributed by atoms with Crippen LogP contribution < -0.4 is 10.1 Å². The zero-order chi connectivity index (χ0) is 15.3. The molecule has 1 unspecified atom stereocenters. The maximum atomic E-state index is 11.0. The molecule has 0 bridgehead atoms. The first-order chi connectivity index (χ1) is 9.23. The van der Waals surface area contributed by atoms with Crippen LogP contribution in [0.2, 0.25) is 0 Å². The molecule has 112 valence electrons. The quantitative estimate of drug-likeness (QED) is 0.828. The number of aliphatic carboxylic acids is 1. The molecule has 20 heavy (non-hydrogen) atoms. The van der Waals surface area contributed by atoms with Crippen molar-refractivity contribution in [2.45, 2.75) is 52.3 Å². The van der Waals surface area contributed by atoms with Gasteiger partial charge in [0.2, 0.25) is 0 Å². The average Bonchev–Trinajstić information content (AvgIpc) is 2.34. The summed E-state index contributed by atoms with van der Waals surface area (Å²) in [6.45, 7) is 8.77. The van der Waals surface area contributed by atoms with Crippen molar-refractivity contribution in [1.29, 1.82) is 0 Å². The number of nitrogens with one attached hydrogen (secondary N) is 1. The number of carboxylic acids is 1. The molecule has 0 aliphatic carbocycles. The van der Waals surface area contributed by atoms with E-state index in [4.69, 9.17) is 9.84 Å². The van der Waals surface area contributed by atoms with E-state index in [1.807, 2.05) is 12.1 Å². The van der Waals surface area contributed by atoms with Gasteiger partial charge in [0, 0.05) is 16.6 Å². The Morgan fingerprint density at radius 3 is 2.60 bits per heavy atom. The summed E-state index contributed by atoms with van der Waals surface area (Å²) in [7, 11) is 0. The molecule has 0 saturated heterocycles. The predicted molar refractivity (Wildman–Crippen MR) is 83.1 cm³/mol. The highest BCUT2D eigenvalue weighted by atomic mass is 79.9. The van der Waals surface area contributed by atoms with Gasteiger partial charge in [0.25, 0.3) is 0 Å². The standard InChI is InChI=1S/C15H22BrNO3/c1-5-13(14(18)19)20-11-6-7-12(16)10(8-11)9-17-15(2,3)4/h6-8,13,17H,5,9H2,1-4H3,(H,18,19). The van der Waals surface area contributed by atoms with Gasteiger partial charge in [-0.3, -0.25) is 0 Å². The van der Waals surface area contributed by atoms with E-state index < -0.39 is 12.1 Å². The summed E-state index contributed by atoms with van der Waals surface area (Å²) in [4.78, 5) is 11.0. The van der Waals surface area contributed by atoms with E-state index in [-0.39, 0.29) is 5.54 Å². The molecule has 0 heterocycles. The Morgan fingerprint density at radius 1 is 1.45 bits per heavy atom. The highest BCUT2D eigenvalue weighted by molar-refractivity contribution is 9.10. The minimum atomic E-state index is -0.940. The fourth-order valence-electron chi connectivity index (χ4n) is 1.59. The summed E-state index contributed by atoms with van der Waals surface area (Å²) >= 11 is 3.50. The van der Waals surface area contributed by atoms with Crippen LogP contribution >= 0.6 is 15.9 Å². The summed E-state index contributed by atoms with van der Waals surface area (Å²) in [5, 5.41) is 12.4. The number of ether oxygens (including phenoxy) is 1. The summed E-state index contributed by atoms with van der Waals surface area (Å²) in [5.41, 5.74) is 1.06. The number of carbonyl (C=O) groups is 1. The van der Waals surface area contributed by atoms with Gasteiger partial charge in [0.05, 0.1) is 0 Å². The summed E-state index contributed by atoms with van der Waals surface area (Å²) in [6.07, 6.45) is -0.374. The number of hydrogen-bond acceptors (Lipinski definition) is 3. The van der Waals surface area contributed by atoms with Crippen LogP contribution in [-0.4, -0.2) is 22.7 Å². The largest absolute Gasteiger partial charge is 0.479 e. The topological polar surface area (TPSA) is 58.6 Å². The van der Waals surface area contributed by atoms with Crippen molar-refractivity contribution in [3.8, 4) is 5.75 Å². The van der Waals surface area contributed by atoms with E-state index in [9.17, 15) is 4.79 Å². The van der Waals surface area contributed by atoms with Gasteiger partial charge in [-0.15, -0.1) is 0 Å². The highest BCUT2D eigenvalue weighted by Crippen LogP contribution is 2.24. The summed E-state index contributed by atoms with van der Waals surface area (Å²) in [6, 6.07) is 5.52. The van der Waals surface area contributed by atoms with Gasteiger partial charge in [-0.2, -0.15) is 0 Å². The van der Waals surface area contributed by atoms with Gasteiger partial charge in [-0.05, 0) is 51.0 Å². The molecular formula is C15H22BrNO3. The zero-order valence-corrected chi connectivity index (χ0v) is 14.0. The number of rotatable bonds is 6. The predicted octanol–water partition coefficient (Wildman–Crippen LogP) is 3.58. The molecule has 2 N–H and O–H groups in total. The molecule has 0 amide bonds. The molecule has 5 heteroatoms. The molecule has 0 aliphatic rings. The third-order valence-electron chi connectivity index (χ3n) is 2.75. The molecule has 0 spiro atoms. The lowest BCUT2D eigenvalue weighted by Gasteiger charge is -2.21. The lowest BCUT2D eigenvalue weighted by molar-refractivity contribution is -0.145. The lowest BCUT2D eigenvalue weighted by Crippen LogP contribution is -2.35. The highest BCUT2D eigenvalue weighted by Gasteiger charge is 2.17. The molecule has 0 aromatic heterocycles. The zero-order valence-electron chi connectivity index (χ0n) is 12.4. The third kappa shape index (κ3) is 5.51. The smallest absolute Gasteiger partial charge is 0.344 e. The fraction of sp³-hybridized carbons (Fsp3) is 0.533. The average molecular weight is 344 g/mol. The number of carboxylic acid groups (broad SMARTS) is 1. The second-order valence-corrected chi connectivity index (χ2v) is 6.56. The first-order valence-electron chi connectivity index (χ1n) is 6.66. The molecule has 1 atom stereocenters. The van der Waals surface area contributed by atoms with E-state index in [0.717, 1.165) is 10.0 Å². The van der Waals surface area contributed by atoms with Crippen LogP contribution in [-0.2, 0) is 11.3 Å². The Balaban J connectivity index is 2.82. The Labute approximate surface area is 128 Å². The second-order valence-electron chi connectivity index (χ2n) is 5.71. The Morgan fingerprint density at radius 2 is 2.10 bits per heavy atom. The monoisotopic (exact) mass is 343 g/mol. The normalized spacial score (nSPS) is 13.1. The fourth-order valence-corrected chi connectivity index (χ4v) is 1.98. The summed E-state index contributed by atoms with van der Waals surface area (Å²) < 4.78 is 6.48. The van der Waals surface area contributed by atoms with Crippen LogP contribution in [0, 0.1) is 0 Å². The van der Waals surface area contributed by atoms with Gasteiger partial charge in [0.15, 0.2) is 6.10 Å². The van der Waals surface area contributed by atoms with Gasteiger partial charge in [-0.25, -0.2) is 4.79 Å². The molecule has 1 rings (SSSR count). The SMILES string of the molecule is CCC(Oc1ccc(Br)c(CNC(C)(C)C)c1)C(=O)O. The van der Waals surface area contributed by atoms with E-state index in [2.05, 4.69) is 42.0 Å². The molecule has 0 aliphatic heterocycles. The van der Waals surface area contributed by atoms with Gasteiger partial charge < -0.3 is 15.2 Å². The number of benzene rings is 1. The minimum absolute atomic E-state index is 0.0172. The van der Waals surface area contributed by atoms with Crippen molar-refractivity contribution in [3.05, 3.63) is 28.2 Å². The van der Waals surface area contributed by atoms with Gasteiger partial charge in [0.1, 0.15) is 5.75 Å². The van der Waals surface area contributed by atoms with Crippen molar-refractivity contribution >= 4 is 21.9 Å². The van der Waals surface area contributed by atoms with Gasteiger partial charge in [-0.1, -0.05) is 22.9 Å². The number of halogens is 1. The molecule has 1 aromatic rings. The first-order valence-corrected chi connectivity index (χ1v) is 7.45. The first kappa shape index (κ1) is 17.0. The van der Waals surface area contributed by atoms with Crippen LogP contribution in [0.3, 0.4) is 0 Å². The molecular weight excluding hydrogens is 322 g/mol. The maximum absolute atomic E-state index is 11.0. The molecule has 0 fully saturated rings. The van der Waals surface area contributed by atoms with Crippen molar-refractivity contribution in [1.82, 2.24) is 5.32 Å². The van der Waals surface area contributed by atoms with E-state index in [0.29, 0.717) is 18.7 Å². The molecule has 1 aromatic carbocycles. The third-order valence-corrected chi connectivity index (χ3v) is 3.52. The number of hydrogen-bond donors (Lipinski definition) is 2. The molecule has 0 saturated carbocycles. The maximum Gasteiger partial charge on any atom is 0.344 e. The van der Waals surface area contributed by atoms with Gasteiger partial charge >= 0.3 is 5.97 Å². The van der Waals surface area contributed by atoms with Crippen molar-refractivity contribution in [3.63, 3.8) is 0 Å². The van der Waals surface area contributed by atoms with Crippen molar-refractivity contribution in [2.24, 2.45) is 0 Å². The van der Waals surface area contributed by atoms with Crippen LogP contribution in [0.4, 0.5) is 0 Å². The van der Waals surface area contributed by atoms with Crippen molar-refractivity contribution < 1.29 is 14.6 Å². The van der Waals surface area contributed by atoms with Crippen LogP contribution in [0.25, 0.3) is 0 Å². The van der Waals surface area contributed by atoms with Crippen LogP contribution in [0.5, 0.6) is 5.75 Å². The minimum Gasteiger partial charge on any atom is -0.479 e.